The van der Waals surface area contributed by atoms with Crippen LogP contribution in [0.3, 0.4) is 0 Å². The second-order valence-electron chi connectivity index (χ2n) is 4.03. The lowest BCUT2D eigenvalue weighted by molar-refractivity contribution is -0.131. The number of hydrogen-bond acceptors (Lipinski definition) is 6. The first-order chi connectivity index (χ1) is 9.58. The molecule has 1 aromatic heterocycles. The average Bonchev–Trinajstić information content (AvgIpc) is 2.83. The zero-order valence-electron chi connectivity index (χ0n) is 12.1. The highest BCUT2D eigenvalue weighted by Gasteiger charge is 2.21. The van der Waals surface area contributed by atoms with Gasteiger partial charge in [0, 0.05) is 19.6 Å². The van der Waals surface area contributed by atoms with Gasteiger partial charge in [0.2, 0.25) is 5.91 Å². The number of nitrogens with zero attached hydrogens (tertiary/aromatic N) is 4. The third kappa shape index (κ3) is 3.53. The van der Waals surface area contributed by atoms with Gasteiger partial charge in [-0.2, -0.15) is 0 Å². The van der Waals surface area contributed by atoms with Crippen LogP contribution in [0.25, 0.3) is 0 Å². The molecule has 0 aliphatic heterocycles. The van der Waals surface area contributed by atoms with Gasteiger partial charge in [0.25, 0.3) is 0 Å². The Labute approximate surface area is 117 Å². The first-order valence-corrected chi connectivity index (χ1v) is 6.66. The van der Waals surface area contributed by atoms with Crippen LogP contribution in [-0.2, 0) is 22.6 Å². The Hall–Kier alpha value is -1.96. The lowest BCUT2D eigenvalue weighted by Gasteiger charge is -2.18. The van der Waals surface area contributed by atoms with Crippen LogP contribution in [0.15, 0.2) is 0 Å². The molecule has 0 bridgehead atoms. The molecule has 0 unspecified atom stereocenters. The van der Waals surface area contributed by atoms with E-state index in [1.807, 2.05) is 13.8 Å². The van der Waals surface area contributed by atoms with Crippen LogP contribution < -0.4 is 5.73 Å². The standard InChI is InChI=1S/C12H21N5O3/c1-4-16(5-2)10(18)8-17-9(7-13)11(14-15-17)12(19)20-6-3/h4-8,13H2,1-3H3. The van der Waals surface area contributed by atoms with E-state index in [2.05, 4.69) is 10.3 Å². The Kier molecular flexibility index (Phi) is 6.10. The van der Waals surface area contributed by atoms with E-state index >= 15 is 0 Å². The zero-order chi connectivity index (χ0) is 15.1. The van der Waals surface area contributed by atoms with Gasteiger partial charge in [0.1, 0.15) is 6.54 Å². The van der Waals surface area contributed by atoms with Gasteiger partial charge in [-0.25, -0.2) is 9.48 Å². The fraction of sp³-hybridized carbons (Fsp3) is 0.667. The highest BCUT2D eigenvalue weighted by atomic mass is 16.5. The summed E-state index contributed by atoms with van der Waals surface area (Å²) in [5.41, 5.74) is 6.09. The number of ether oxygens (including phenoxy) is 1. The monoisotopic (exact) mass is 283 g/mol. The summed E-state index contributed by atoms with van der Waals surface area (Å²) < 4.78 is 6.23. The van der Waals surface area contributed by atoms with Crippen LogP contribution in [0.2, 0.25) is 0 Å². The molecular formula is C12H21N5O3. The predicted molar refractivity (Wildman–Crippen MR) is 71.8 cm³/mol. The summed E-state index contributed by atoms with van der Waals surface area (Å²) in [6.07, 6.45) is 0. The minimum Gasteiger partial charge on any atom is -0.461 e. The van der Waals surface area contributed by atoms with Crippen molar-refractivity contribution >= 4 is 11.9 Å². The summed E-state index contributed by atoms with van der Waals surface area (Å²) in [4.78, 5) is 25.4. The van der Waals surface area contributed by atoms with Gasteiger partial charge < -0.3 is 15.4 Å². The molecule has 8 nitrogen and oxygen atoms in total. The molecular weight excluding hydrogens is 262 g/mol. The summed E-state index contributed by atoms with van der Waals surface area (Å²) in [5.74, 6) is -0.667. The van der Waals surface area contributed by atoms with E-state index in [9.17, 15) is 9.59 Å². The average molecular weight is 283 g/mol. The summed E-state index contributed by atoms with van der Waals surface area (Å²) in [7, 11) is 0. The van der Waals surface area contributed by atoms with Crippen molar-refractivity contribution in [1.29, 1.82) is 0 Å². The summed E-state index contributed by atoms with van der Waals surface area (Å²) >= 11 is 0. The molecule has 112 valence electrons. The Balaban J connectivity index is 2.91. The minimum atomic E-state index is -0.575. The van der Waals surface area contributed by atoms with Crippen LogP contribution in [0.1, 0.15) is 37.0 Å². The van der Waals surface area contributed by atoms with E-state index in [1.165, 1.54) is 4.68 Å². The van der Waals surface area contributed by atoms with Crippen molar-refractivity contribution in [3.8, 4) is 0 Å². The van der Waals surface area contributed by atoms with Gasteiger partial charge in [-0.3, -0.25) is 4.79 Å². The predicted octanol–water partition coefficient (Wildman–Crippen LogP) is -0.218. The summed E-state index contributed by atoms with van der Waals surface area (Å²) in [6, 6.07) is 0. The summed E-state index contributed by atoms with van der Waals surface area (Å²) in [5, 5.41) is 7.58. The van der Waals surface area contributed by atoms with E-state index < -0.39 is 5.97 Å². The van der Waals surface area contributed by atoms with Gasteiger partial charge in [-0.1, -0.05) is 5.21 Å². The fourth-order valence-corrected chi connectivity index (χ4v) is 1.82. The molecule has 1 heterocycles. The van der Waals surface area contributed by atoms with Gasteiger partial charge in [-0.15, -0.1) is 5.10 Å². The molecule has 1 amide bonds. The van der Waals surface area contributed by atoms with E-state index in [4.69, 9.17) is 10.5 Å². The lowest BCUT2D eigenvalue weighted by Crippen LogP contribution is -2.34. The maximum atomic E-state index is 12.0. The highest BCUT2D eigenvalue weighted by molar-refractivity contribution is 5.88. The largest absolute Gasteiger partial charge is 0.461 e. The number of esters is 1. The second-order valence-corrected chi connectivity index (χ2v) is 4.03. The first kappa shape index (κ1) is 16.1. The smallest absolute Gasteiger partial charge is 0.360 e. The molecule has 2 N–H and O–H groups in total. The topological polar surface area (TPSA) is 103 Å². The van der Waals surface area contributed by atoms with Crippen LogP contribution in [0.5, 0.6) is 0 Å². The molecule has 0 saturated carbocycles. The minimum absolute atomic E-state index is 0.0145. The van der Waals surface area contributed by atoms with E-state index in [1.54, 1.807) is 11.8 Å². The molecule has 20 heavy (non-hydrogen) atoms. The van der Waals surface area contributed by atoms with E-state index in [-0.39, 0.29) is 31.3 Å². The lowest BCUT2D eigenvalue weighted by atomic mass is 10.3. The molecule has 0 aliphatic carbocycles. The molecule has 0 saturated heterocycles. The number of aromatic nitrogens is 3. The highest BCUT2D eigenvalue weighted by Crippen LogP contribution is 2.07. The molecule has 0 radical (unpaired) electrons. The Morgan fingerprint density at radius 3 is 2.45 bits per heavy atom. The van der Waals surface area contributed by atoms with Gasteiger partial charge >= 0.3 is 5.97 Å². The number of amides is 1. The van der Waals surface area contributed by atoms with Crippen molar-refractivity contribution in [2.45, 2.75) is 33.9 Å². The Morgan fingerprint density at radius 2 is 1.95 bits per heavy atom. The van der Waals surface area contributed by atoms with E-state index in [0.29, 0.717) is 18.8 Å². The number of hydrogen-bond donors (Lipinski definition) is 1. The van der Waals surface area contributed by atoms with Crippen molar-refractivity contribution in [2.24, 2.45) is 5.73 Å². The molecule has 0 atom stereocenters. The van der Waals surface area contributed by atoms with Crippen molar-refractivity contribution in [2.75, 3.05) is 19.7 Å². The quantitative estimate of drug-likeness (QED) is 0.694. The van der Waals surface area contributed by atoms with E-state index in [0.717, 1.165) is 0 Å². The number of carbonyl (C=O) groups excluding carboxylic acids is 2. The maximum Gasteiger partial charge on any atom is 0.360 e. The molecule has 1 rings (SSSR count). The van der Waals surface area contributed by atoms with Crippen molar-refractivity contribution in [1.82, 2.24) is 19.9 Å². The first-order valence-electron chi connectivity index (χ1n) is 6.66. The number of carbonyl (C=O) groups is 2. The molecule has 0 aromatic carbocycles. The number of nitrogens with two attached hydrogens (primary N) is 1. The SMILES string of the molecule is CCOC(=O)c1nnn(CC(=O)N(CC)CC)c1CN. The Morgan fingerprint density at radius 1 is 1.30 bits per heavy atom. The molecule has 0 aliphatic rings. The zero-order valence-corrected chi connectivity index (χ0v) is 12.1. The van der Waals surface area contributed by atoms with Gasteiger partial charge in [0.15, 0.2) is 5.69 Å². The molecule has 0 fully saturated rings. The van der Waals surface area contributed by atoms with Crippen LogP contribution in [-0.4, -0.2) is 51.5 Å². The van der Waals surface area contributed by atoms with Crippen LogP contribution >= 0.6 is 0 Å². The van der Waals surface area contributed by atoms with Crippen LogP contribution in [0, 0.1) is 0 Å². The molecule has 1 aromatic rings. The third-order valence-electron chi connectivity index (χ3n) is 2.90. The Bertz CT molecular complexity index is 468. The van der Waals surface area contributed by atoms with Gasteiger partial charge in [-0.05, 0) is 20.8 Å². The molecule has 0 spiro atoms. The normalized spacial score (nSPS) is 10.4. The summed E-state index contributed by atoms with van der Waals surface area (Å²) in [6.45, 7) is 7.06. The van der Waals surface area contributed by atoms with Crippen LogP contribution in [0.4, 0.5) is 0 Å². The third-order valence-corrected chi connectivity index (χ3v) is 2.90. The maximum absolute atomic E-state index is 12.0. The van der Waals surface area contributed by atoms with Crippen molar-refractivity contribution < 1.29 is 14.3 Å². The van der Waals surface area contributed by atoms with Crippen molar-refractivity contribution in [3.05, 3.63) is 11.4 Å². The fourth-order valence-electron chi connectivity index (χ4n) is 1.82. The second kappa shape index (κ2) is 7.59. The number of likely N-dealkylation sites (N-methyl/N-ethyl adjacent to an activating group) is 1. The molecule has 8 heteroatoms. The number of rotatable bonds is 7. The van der Waals surface area contributed by atoms with Crippen molar-refractivity contribution in [3.63, 3.8) is 0 Å². The van der Waals surface area contributed by atoms with Gasteiger partial charge in [0.05, 0.1) is 12.3 Å².